The third-order valence-electron chi connectivity index (χ3n) is 4.26. The normalized spacial score (nSPS) is 16.6. The van der Waals surface area contributed by atoms with Gasteiger partial charge >= 0.3 is 18.1 Å². The van der Waals surface area contributed by atoms with Crippen molar-refractivity contribution < 1.29 is 37.7 Å². The summed E-state index contributed by atoms with van der Waals surface area (Å²) in [6, 6.07) is 2.75. The Morgan fingerprint density at radius 3 is 2.64 bits per heavy atom. The predicted octanol–water partition coefficient (Wildman–Crippen LogP) is 2.49. The molecule has 1 aromatic rings. The van der Waals surface area contributed by atoms with Crippen LogP contribution in [0, 0.1) is 0 Å². The van der Waals surface area contributed by atoms with Crippen LogP contribution in [-0.4, -0.2) is 61.0 Å². The smallest absolute Gasteiger partial charge is 0.408 e. The van der Waals surface area contributed by atoms with Crippen LogP contribution in [0.5, 0.6) is 5.75 Å². The SMILES string of the molecule is COC(=O)c1cc(OCC(F)F)ccc1N(C(N)=O)C1CCCCN1C(=O)O. The number of esters is 1. The number of nitrogens with two attached hydrogens (primary N) is 1. The number of carbonyl (C=O) groups is 3. The van der Waals surface area contributed by atoms with Crippen molar-refractivity contribution in [3.8, 4) is 5.75 Å². The van der Waals surface area contributed by atoms with E-state index in [-0.39, 0.29) is 23.5 Å². The minimum Gasteiger partial charge on any atom is -0.488 e. The molecular formula is C17H21F2N3O6. The molecule has 1 atom stereocenters. The number of piperidine rings is 1. The van der Waals surface area contributed by atoms with Gasteiger partial charge in [0, 0.05) is 6.54 Å². The fourth-order valence-electron chi connectivity index (χ4n) is 3.08. The van der Waals surface area contributed by atoms with Crippen LogP contribution < -0.4 is 15.4 Å². The third kappa shape index (κ3) is 4.78. The summed E-state index contributed by atoms with van der Waals surface area (Å²) in [4.78, 5) is 38.0. The first-order chi connectivity index (χ1) is 13.3. The van der Waals surface area contributed by atoms with Crippen LogP contribution in [0.15, 0.2) is 18.2 Å². The van der Waals surface area contributed by atoms with Gasteiger partial charge in [0.25, 0.3) is 6.43 Å². The second kappa shape index (κ2) is 9.20. The van der Waals surface area contributed by atoms with Gasteiger partial charge in [-0.15, -0.1) is 0 Å². The molecule has 0 spiro atoms. The maximum Gasteiger partial charge on any atom is 0.408 e. The van der Waals surface area contributed by atoms with Crippen LogP contribution in [0.25, 0.3) is 0 Å². The van der Waals surface area contributed by atoms with Gasteiger partial charge in [-0.1, -0.05) is 0 Å². The molecule has 1 heterocycles. The van der Waals surface area contributed by atoms with Gasteiger partial charge in [-0.2, -0.15) is 0 Å². The number of ether oxygens (including phenoxy) is 2. The van der Waals surface area contributed by atoms with E-state index >= 15 is 0 Å². The van der Waals surface area contributed by atoms with Crippen molar-refractivity contribution in [1.29, 1.82) is 0 Å². The first kappa shape index (κ1) is 21.2. The molecule has 3 N–H and O–H groups in total. The van der Waals surface area contributed by atoms with Crippen molar-refractivity contribution in [2.75, 3.05) is 25.2 Å². The van der Waals surface area contributed by atoms with Crippen LogP contribution in [0.1, 0.15) is 29.6 Å². The molecule has 0 saturated carbocycles. The molecule has 1 saturated heterocycles. The van der Waals surface area contributed by atoms with Crippen LogP contribution in [0.3, 0.4) is 0 Å². The van der Waals surface area contributed by atoms with Crippen molar-refractivity contribution in [2.24, 2.45) is 5.73 Å². The first-order valence-electron chi connectivity index (χ1n) is 8.47. The zero-order valence-corrected chi connectivity index (χ0v) is 15.1. The number of hydrogen-bond donors (Lipinski definition) is 2. The highest BCUT2D eigenvalue weighted by molar-refractivity contribution is 6.02. The number of methoxy groups -OCH3 is 1. The Hall–Kier alpha value is -3.11. The zero-order chi connectivity index (χ0) is 20.8. The summed E-state index contributed by atoms with van der Waals surface area (Å²) in [5.74, 6) is -0.894. The van der Waals surface area contributed by atoms with E-state index < -0.39 is 37.3 Å². The lowest BCUT2D eigenvalue weighted by molar-refractivity contribution is 0.0600. The van der Waals surface area contributed by atoms with Gasteiger partial charge in [0.15, 0.2) is 0 Å². The highest BCUT2D eigenvalue weighted by Gasteiger charge is 2.36. The highest BCUT2D eigenvalue weighted by Crippen LogP contribution is 2.31. The molecule has 0 radical (unpaired) electrons. The van der Waals surface area contributed by atoms with Gasteiger partial charge in [-0.05, 0) is 37.5 Å². The summed E-state index contributed by atoms with van der Waals surface area (Å²) in [5, 5.41) is 9.44. The maximum atomic E-state index is 12.4. The molecule has 9 nitrogen and oxygen atoms in total. The number of primary amides is 1. The number of carboxylic acid groups (broad SMARTS) is 1. The lowest BCUT2D eigenvalue weighted by Gasteiger charge is -2.40. The van der Waals surface area contributed by atoms with E-state index in [0.29, 0.717) is 19.3 Å². The van der Waals surface area contributed by atoms with Crippen LogP contribution in [0.4, 0.5) is 24.1 Å². The van der Waals surface area contributed by atoms with Gasteiger partial charge in [-0.25, -0.2) is 23.2 Å². The van der Waals surface area contributed by atoms with E-state index in [0.717, 1.165) is 23.0 Å². The Bertz CT molecular complexity index is 746. The fourth-order valence-corrected chi connectivity index (χ4v) is 3.08. The average molecular weight is 401 g/mol. The predicted molar refractivity (Wildman–Crippen MR) is 93.7 cm³/mol. The molecule has 1 unspecified atom stereocenters. The summed E-state index contributed by atoms with van der Waals surface area (Å²) in [6.07, 6.45) is -3.26. The van der Waals surface area contributed by atoms with Gasteiger partial charge in [-0.3, -0.25) is 9.80 Å². The number of nitrogens with zero attached hydrogens (tertiary/aromatic N) is 2. The first-order valence-corrected chi connectivity index (χ1v) is 8.47. The highest BCUT2D eigenvalue weighted by atomic mass is 19.3. The number of amides is 3. The number of carbonyl (C=O) groups excluding carboxylic acids is 2. The maximum absolute atomic E-state index is 12.4. The average Bonchev–Trinajstić information content (AvgIpc) is 2.66. The van der Waals surface area contributed by atoms with Gasteiger partial charge in [0.05, 0.1) is 18.4 Å². The van der Waals surface area contributed by atoms with E-state index in [1.54, 1.807) is 0 Å². The molecule has 0 bridgehead atoms. The number of anilines is 1. The number of alkyl halides is 2. The number of benzene rings is 1. The Labute approximate surface area is 159 Å². The van der Waals surface area contributed by atoms with Gasteiger partial charge < -0.3 is 20.3 Å². The van der Waals surface area contributed by atoms with E-state index in [9.17, 15) is 28.3 Å². The molecule has 11 heteroatoms. The number of halogens is 2. The van der Waals surface area contributed by atoms with E-state index in [4.69, 9.17) is 15.2 Å². The molecule has 1 aliphatic heterocycles. The quantitative estimate of drug-likeness (QED) is 0.706. The van der Waals surface area contributed by atoms with Crippen LogP contribution >= 0.6 is 0 Å². The largest absolute Gasteiger partial charge is 0.488 e. The van der Waals surface area contributed by atoms with Crippen molar-refractivity contribution in [3.63, 3.8) is 0 Å². The Morgan fingerprint density at radius 1 is 1.36 bits per heavy atom. The molecule has 0 aliphatic carbocycles. The van der Waals surface area contributed by atoms with E-state index in [1.165, 1.54) is 12.1 Å². The standard InChI is InChI=1S/C17H21F2N3O6/c1-27-15(23)11-8-10(28-9-13(18)19)5-6-12(11)22(16(20)24)14-4-2-3-7-21(14)17(25)26/h5-6,8,13-14H,2-4,7,9H2,1H3,(H2,20,24)(H,25,26). The van der Waals surface area contributed by atoms with Crippen LogP contribution in [-0.2, 0) is 4.74 Å². The molecule has 154 valence electrons. The van der Waals surface area contributed by atoms with E-state index in [2.05, 4.69) is 0 Å². The third-order valence-corrected chi connectivity index (χ3v) is 4.26. The summed E-state index contributed by atoms with van der Waals surface area (Å²) < 4.78 is 34.4. The topological polar surface area (TPSA) is 122 Å². The monoisotopic (exact) mass is 401 g/mol. The summed E-state index contributed by atoms with van der Waals surface area (Å²) in [6.45, 7) is -0.679. The van der Waals surface area contributed by atoms with Gasteiger partial charge in [0.1, 0.15) is 18.5 Å². The Kier molecular flexibility index (Phi) is 6.96. The molecule has 3 amide bonds. The number of rotatable bonds is 6. The van der Waals surface area contributed by atoms with Crippen LogP contribution in [0.2, 0.25) is 0 Å². The molecule has 0 aromatic heterocycles. The molecule has 1 aliphatic rings. The number of urea groups is 1. The Balaban J connectivity index is 2.48. The van der Waals surface area contributed by atoms with Crippen molar-refractivity contribution in [2.45, 2.75) is 31.9 Å². The van der Waals surface area contributed by atoms with Gasteiger partial charge in [0.2, 0.25) is 0 Å². The van der Waals surface area contributed by atoms with Crippen molar-refractivity contribution in [1.82, 2.24) is 4.90 Å². The van der Waals surface area contributed by atoms with Crippen molar-refractivity contribution in [3.05, 3.63) is 23.8 Å². The fraction of sp³-hybridized carbons (Fsp3) is 0.471. The van der Waals surface area contributed by atoms with Crippen molar-refractivity contribution >= 4 is 23.8 Å². The molecule has 1 fully saturated rings. The second-order valence-electron chi connectivity index (χ2n) is 6.03. The summed E-state index contributed by atoms with van der Waals surface area (Å²) >= 11 is 0. The summed E-state index contributed by atoms with van der Waals surface area (Å²) in [7, 11) is 1.11. The minimum atomic E-state index is -2.71. The Morgan fingerprint density at radius 2 is 2.07 bits per heavy atom. The summed E-state index contributed by atoms with van der Waals surface area (Å²) in [5.41, 5.74) is 5.33. The molecular weight excluding hydrogens is 380 g/mol. The zero-order valence-electron chi connectivity index (χ0n) is 15.1. The lowest BCUT2D eigenvalue weighted by atomic mass is 10.0. The number of hydrogen-bond acceptors (Lipinski definition) is 5. The number of likely N-dealkylation sites (tertiary alicyclic amines) is 1. The molecule has 2 rings (SSSR count). The lowest BCUT2D eigenvalue weighted by Crippen LogP contribution is -2.57. The molecule has 28 heavy (non-hydrogen) atoms. The minimum absolute atomic E-state index is 0.00176. The second-order valence-corrected chi connectivity index (χ2v) is 6.03. The van der Waals surface area contributed by atoms with E-state index in [1.807, 2.05) is 0 Å². The molecule has 1 aromatic carbocycles.